The molecule has 1 fully saturated rings. The van der Waals surface area contributed by atoms with E-state index in [0.29, 0.717) is 23.5 Å². The predicted octanol–water partition coefficient (Wildman–Crippen LogP) is -0.0674. The van der Waals surface area contributed by atoms with E-state index in [0.717, 1.165) is 10.5 Å². The monoisotopic (exact) mass is 274 g/mol. The molecule has 2 aliphatic rings. The number of anilines is 3. The lowest BCUT2D eigenvalue weighted by Crippen LogP contribution is -2.32. The Morgan fingerprint density at radius 3 is 2.75 bits per heavy atom. The lowest BCUT2D eigenvalue weighted by atomic mass is 10.1. The van der Waals surface area contributed by atoms with Gasteiger partial charge in [0.2, 0.25) is 11.8 Å². The minimum absolute atomic E-state index is 0.0802. The summed E-state index contributed by atoms with van der Waals surface area (Å²) in [4.78, 5) is 35.8. The van der Waals surface area contributed by atoms with Crippen molar-refractivity contribution in [2.24, 2.45) is 0 Å². The quantitative estimate of drug-likeness (QED) is 0.517. The molecule has 4 N–H and O–H groups in total. The fourth-order valence-electron chi connectivity index (χ4n) is 2.47. The summed E-state index contributed by atoms with van der Waals surface area (Å²) in [7, 11) is 1.46. The number of hydrogen-bond donors (Lipinski definition) is 3. The van der Waals surface area contributed by atoms with Crippen LogP contribution < -0.4 is 16.4 Å². The fourth-order valence-corrected chi connectivity index (χ4v) is 2.47. The number of likely N-dealkylation sites (tertiary alicyclic amines) is 1. The molecule has 0 radical (unpaired) electrons. The average molecular weight is 274 g/mol. The van der Waals surface area contributed by atoms with Crippen LogP contribution in [0.4, 0.5) is 17.1 Å². The highest BCUT2D eigenvalue weighted by atomic mass is 16.2. The van der Waals surface area contributed by atoms with Crippen LogP contribution in [0, 0.1) is 0 Å². The van der Waals surface area contributed by atoms with Gasteiger partial charge >= 0.3 is 0 Å². The number of nitrogens with one attached hydrogen (secondary N) is 2. The summed E-state index contributed by atoms with van der Waals surface area (Å²) in [5, 5.41) is 5.70. The lowest BCUT2D eigenvalue weighted by molar-refractivity contribution is -0.136. The Kier molecular flexibility index (Phi) is 2.63. The first-order chi connectivity index (χ1) is 9.45. The van der Waals surface area contributed by atoms with Gasteiger partial charge in [0.1, 0.15) is 6.04 Å². The van der Waals surface area contributed by atoms with E-state index in [1.165, 1.54) is 7.05 Å². The predicted molar refractivity (Wildman–Crippen MR) is 73.0 cm³/mol. The number of benzene rings is 1. The maximum atomic E-state index is 11.8. The largest absolute Gasteiger partial charge is 0.397 e. The number of amides is 3. The molecule has 1 aromatic rings. The van der Waals surface area contributed by atoms with Gasteiger partial charge in [-0.3, -0.25) is 19.3 Å². The van der Waals surface area contributed by atoms with E-state index in [2.05, 4.69) is 10.6 Å². The number of hydrogen-bond acceptors (Lipinski definition) is 5. The summed E-state index contributed by atoms with van der Waals surface area (Å²) in [6.07, 6.45) is 0.418. The second-order valence-corrected chi connectivity index (χ2v) is 5.01. The van der Waals surface area contributed by atoms with Crippen LogP contribution in [0.1, 0.15) is 12.0 Å². The summed E-state index contributed by atoms with van der Waals surface area (Å²) in [6, 6.07) is 2.80. The topological polar surface area (TPSA) is 105 Å². The molecule has 0 bridgehead atoms. The molecule has 0 saturated carbocycles. The zero-order valence-electron chi connectivity index (χ0n) is 10.9. The first-order valence-corrected chi connectivity index (χ1v) is 6.25. The number of nitrogen functional groups attached to an aromatic ring is 1. The van der Waals surface area contributed by atoms with Crippen molar-refractivity contribution >= 4 is 34.8 Å². The number of carbonyl (C=O) groups excluding carboxylic acids is 3. The normalized spacial score (nSPS) is 21.1. The highest BCUT2D eigenvalue weighted by Crippen LogP contribution is 2.32. The Labute approximate surface area is 115 Å². The fraction of sp³-hybridized carbons (Fsp3) is 0.308. The van der Waals surface area contributed by atoms with Crippen molar-refractivity contribution in [3.05, 3.63) is 17.7 Å². The van der Waals surface area contributed by atoms with E-state index in [4.69, 9.17) is 5.73 Å². The first kappa shape index (κ1) is 12.5. The molecule has 1 saturated heterocycles. The third-order valence-electron chi connectivity index (χ3n) is 3.61. The van der Waals surface area contributed by atoms with Crippen molar-refractivity contribution in [1.29, 1.82) is 0 Å². The molecule has 0 spiro atoms. The SMILES string of the molecule is CN1C(=O)CC(Nc2cc3c(cc2N)CC(=O)N3)C1=O. The van der Waals surface area contributed by atoms with Gasteiger partial charge in [-0.2, -0.15) is 0 Å². The number of fused-ring (bicyclic) bond motifs is 1. The third-order valence-corrected chi connectivity index (χ3v) is 3.61. The van der Waals surface area contributed by atoms with Gasteiger partial charge in [-0.25, -0.2) is 0 Å². The van der Waals surface area contributed by atoms with Gasteiger partial charge < -0.3 is 16.4 Å². The molecule has 3 amide bonds. The molecule has 1 unspecified atom stereocenters. The van der Waals surface area contributed by atoms with Crippen LogP contribution >= 0.6 is 0 Å². The minimum atomic E-state index is -0.607. The number of nitrogens with two attached hydrogens (primary N) is 1. The number of rotatable bonds is 2. The van der Waals surface area contributed by atoms with Gasteiger partial charge in [0.25, 0.3) is 5.91 Å². The van der Waals surface area contributed by atoms with Crippen molar-refractivity contribution in [1.82, 2.24) is 4.90 Å². The van der Waals surface area contributed by atoms with Crippen molar-refractivity contribution in [2.75, 3.05) is 23.4 Å². The second-order valence-electron chi connectivity index (χ2n) is 5.01. The molecular weight excluding hydrogens is 260 g/mol. The molecule has 1 aromatic carbocycles. The van der Waals surface area contributed by atoms with Crippen LogP contribution in [0.2, 0.25) is 0 Å². The molecular formula is C13H14N4O3. The van der Waals surface area contributed by atoms with Gasteiger partial charge in [-0.1, -0.05) is 0 Å². The van der Waals surface area contributed by atoms with Crippen molar-refractivity contribution < 1.29 is 14.4 Å². The minimum Gasteiger partial charge on any atom is -0.397 e. The van der Waals surface area contributed by atoms with Gasteiger partial charge in [-0.05, 0) is 17.7 Å². The van der Waals surface area contributed by atoms with Crippen LogP contribution in [-0.2, 0) is 20.8 Å². The number of imide groups is 1. The van der Waals surface area contributed by atoms with Crippen LogP contribution in [0.3, 0.4) is 0 Å². The summed E-state index contributed by atoms with van der Waals surface area (Å²) < 4.78 is 0. The summed E-state index contributed by atoms with van der Waals surface area (Å²) in [5.41, 5.74) is 8.45. The van der Waals surface area contributed by atoms with Crippen molar-refractivity contribution in [3.63, 3.8) is 0 Å². The van der Waals surface area contributed by atoms with Crippen molar-refractivity contribution in [3.8, 4) is 0 Å². The highest BCUT2D eigenvalue weighted by molar-refractivity contribution is 6.07. The van der Waals surface area contributed by atoms with Crippen LogP contribution in [0.15, 0.2) is 12.1 Å². The Morgan fingerprint density at radius 2 is 2.10 bits per heavy atom. The molecule has 0 aliphatic carbocycles. The molecule has 3 rings (SSSR count). The second kappa shape index (κ2) is 4.22. The number of likely N-dealkylation sites (N-methyl/N-ethyl adjacent to an activating group) is 1. The molecule has 2 aliphatic heterocycles. The Morgan fingerprint density at radius 1 is 1.35 bits per heavy atom. The summed E-state index contributed by atoms with van der Waals surface area (Å²) >= 11 is 0. The van der Waals surface area contributed by atoms with Gasteiger partial charge in [0, 0.05) is 12.7 Å². The lowest BCUT2D eigenvalue weighted by Gasteiger charge is -2.15. The maximum absolute atomic E-state index is 11.8. The van der Waals surface area contributed by atoms with E-state index in [1.807, 2.05) is 0 Å². The Hall–Kier alpha value is -2.57. The Bertz CT molecular complexity index is 641. The van der Waals surface area contributed by atoms with Gasteiger partial charge in [-0.15, -0.1) is 0 Å². The Balaban J connectivity index is 1.86. The number of carbonyl (C=O) groups is 3. The molecule has 7 nitrogen and oxygen atoms in total. The zero-order valence-corrected chi connectivity index (χ0v) is 10.9. The van der Waals surface area contributed by atoms with Crippen molar-refractivity contribution in [2.45, 2.75) is 18.9 Å². The molecule has 104 valence electrons. The van der Waals surface area contributed by atoms with Crippen LogP contribution in [0.25, 0.3) is 0 Å². The number of nitrogens with zero attached hydrogens (tertiary/aromatic N) is 1. The van der Waals surface area contributed by atoms with E-state index in [9.17, 15) is 14.4 Å². The molecule has 7 heteroatoms. The smallest absolute Gasteiger partial charge is 0.251 e. The summed E-state index contributed by atoms with van der Waals surface area (Å²) in [5.74, 6) is -0.581. The van der Waals surface area contributed by atoms with E-state index >= 15 is 0 Å². The maximum Gasteiger partial charge on any atom is 0.251 e. The summed E-state index contributed by atoms with van der Waals surface area (Å²) in [6.45, 7) is 0. The van der Waals surface area contributed by atoms with E-state index in [1.54, 1.807) is 12.1 Å². The van der Waals surface area contributed by atoms with Crippen LogP contribution in [0.5, 0.6) is 0 Å². The zero-order chi connectivity index (χ0) is 14.4. The van der Waals surface area contributed by atoms with Gasteiger partial charge in [0.15, 0.2) is 0 Å². The molecule has 2 heterocycles. The molecule has 20 heavy (non-hydrogen) atoms. The first-order valence-electron chi connectivity index (χ1n) is 6.25. The van der Waals surface area contributed by atoms with E-state index < -0.39 is 6.04 Å². The standard InChI is InChI=1S/C13H14N4O3/c1-17-12(19)5-10(13(17)20)15-9-4-8-6(2-7(9)14)3-11(18)16-8/h2,4,10,15H,3,5,14H2,1H3,(H,16,18). The van der Waals surface area contributed by atoms with E-state index in [-0.39, 0.29) is 24.1 Å². The highest BCUT2D eigenvalue weighted by Gasteiger charge is 2.36. The average Bonchev–Trinajstić information content (AvgIpc) is 2.85. The van der Waals surface area contributed by atoms with Crippen LogP contribution in [-0.4, -0.2) is 35.7 Å². The third kappa shape index (κ3) is 1.87. The molecule has 1 atom stereocenters. The molecule has 0 aromatic heterocycles. The van der Waals surface area contributed by atoms with Gasteiger partial charge in [0.05, 0.1) is 24.2 Å².